The summed E-state index contributed by atoms with van der Waals surface area (Å²) in [6.07, 6.45) is 8.54. The second-order valence-electron chi connectivity index (χ2n) is 12.6. The van der Waals surface area contributed by atoms with E-state index in [9.17, 15) is 9.90 Å². The van der Waals surface area contributed by atoms with Gasteiger partial charge in [-0.25, -0.2) is 4.79 Å². The molecular weight excluding hydrogens is 474 g/mol. The fraction of sp³-hybridized carbons (Fsp3) is 0.606. The lowest BCUT2D eigenvalue weighted by Gasteiger charge is -2.40. The third kappa shape index (κ3) is 5.12. The Balaban J connectivity index is 1.71. The minimum Gasteiger partial charge on any atom is -0.493 e. The van der Waals surface area contributed by atoms with E-state index in [-0.39, 0.29) is 0 Å². The van der Waals surface area contributed by atoms with Gasteiger partial charge in [0.2, 0.25) is 0 Å². The first kappa shape index (κ1) is 27.2. The molecule has 0 bridgehead atoms. The SMILES string of the molecule is Cc1c(-c2c(C)c3c(c(C)c2[C@@H](OC(C)(C)C)C(=O)O)CCN(C2CCCCC2)C3)ccc2c1CCCO2. The molecule has 0 aromatic heterocycles. The van der Waals surface area contributed by atoms with Gasteiger partial charge in [0, 0.05) is 24.7 Å². The van der Waals surface area contributed by atoms with Crippen molar-refractivity contribution in [2.75, 3.05) is 13.2 Å². The molecule has 0 spiro atoms. The summed E-state index contributed by atoms with van der Waals surface area (Å²) in [4.78, 5) is 15.5. The van der Waals surface area contributed by atoms with Crippen LogP contribution in [0.5, 0.6) is 5.75 Å². The van der Waals surface area contributed by atoms with E-state index in [2.05, 4.69) is 37.8 Å². The Morgan fingerprint density at radius 3 is 2.39 bits per heavy atom. The van der Waals surface area contributed by atoms with E-state index in [1.165, 1.54) is 59.9 Å². The topological polar surface area (TPSA) is 59.0 Å². The number of fused-ring (bicyclic) bond motifs is 2. The molecule has 206 valence electrons. The molecule has 1 N–H and O–H groups in total. The van der Waals surface area contributed by atoms with Crippen LogP contribution in [0.15, 0.2) is 12.1 Å². The molecule has 2 aromatic carbocycles. The Morgan fingerprint density at radius 2 is 1.71 bits per heavy atom. The summed E-state index contributed by atoms with van der Waals surface area (Å²) in [5, 5.41) is 10.5. The summed E-state index contributed by atoms with van der Waals surface area (Å²) in [7, 11) is 0. The van der Waals surface area contributed by atoms with Crippen molar-refractivity contribution in [3.63, 3.8) is 0 Å². The van der Waals surface area contributed by atoms with Crippen LogP contribution in [0, 0.1) is 20.8 Å². The molecule has 5 rings (SSSR count). The van der Waals surface area contributed by atoms with Crippen LogP contribution in [0.3, 0.4) is 0 Å². The summed E-state index contributed by atoms with van der Waals surface area (Å²) >= 11 is 0. The monoisotopic (exact) mass is 519 g/mol. The predicted molar refractivity (Wildman–Crippen MR) is 152 cm³/mol. The maximum absolute atomic E-state index is 12.8. The lowest BCUT2D eigenvalue weighted by atomic mass is 9.78. The van der Waals surface area contributed by atoms with Crippen LogP contribution >= 0.6 is 0 Å². The molecule has 5 heteroatoms. The van der Waals surface area contributed by atoms with Crippen LogP contribution in [0.25, 0.3) is 11.1 Å². The standard InChI is InChI=1S/C33H45NO4/c1-20-25-13-10-18-37-28(25)15-14-26(20)29-22(3)27-19-34(23-11-8-7-9-12-23)17-16-24(27)21(2)30(29)31(32(35)36)38-33(4,5)6/h14-15,23,31H,7-13,16-19H2,1-6H3,(H,35,36)/t31-/m1/s1. The van der Waals surface area contributed by atoms with Gasteiger partial charge in [-0.1, -0.05) is 25.3 Å². The van der Waals surface area contributed by atoms with Crippen LogP contribution in [-0.2, 0) is 28.9 Å². The molecule has 3 aliphatic rings. The fourth-order valence-corrected chi connectivity index (χ4v) is 7.14. The van der Waals surface area contributed by atoms with Gasteiger partial charge in [-0.2, -0.15) is 0 Å². The third-order valence-corrected chi connectivity index (χ3v) is 9.03. The Labute approximate surface area is 228 Å². The van der Waals surface area contributed by atoms with Crippen LogP contribution in [-0.4, -0.2) is 40.8 Å². The van der Waals surface area contributed by atoms with E-state index in [0.29, 0.717) is 6.04 Å². The van der Waals surface area contributed by atoms with Gasteiger partial charge in [0.05, 0.1) is 12.2 Å². The minimum atomic E-state index is -1.03. The molecule has 2 aromatic rings. The number of hydrogen-bond acceptors (Lipinski definition) is 4. The van der Waals surface area contributed by atoms with Crippen molar-refractivity contribution in [2.24, 2.45) is 0 Å². The maximum Gasteiger partial charge on any atom is 0.337 e. The molecule has 5 nitrogen and oxygen atoms in total. The Bertz CT molecular complexity index is 1220. The van der Waals surface area contributed by atoms with E-state index in [4.69, 9.17) is 9.47 Å². The van der Waals surface area contributed by atoms with Crippen molar-refractivity contribution in [3.05, 3.63) is 51.1 Å². The zero-order valence-electron chi connectivity index (χ0n) is 24.2. The second-order valence-corrected chi connectivity index (χ2v) is 12.6. The summed E-state index contributed by atoms with van der Waals surface area (Å²) in [5.74, 6) is 0.0396. The van der Waals surface area contributed by atoms with Crippen LogP contribution in [0.1, 0.15) is 104 Å². The van der Waals surface area contributed by atoms with E-state index in [1.54, 1.807) is 0 Å². The fourth-order valence-electron chi connectivity index (χ4n) is 7.14. The largest absolute Gasteiger partial charge is 0.493 e. The van der Waals surface area contributed by atoms with Crippen molar-refractivity contribution >= 4 is 5.97 Å². The van der Waals surface area contributed by atoms with Gasteiger partial charge in [0.25, 0.3) is 0 Å². The molecule has 1 saturated carbocycles. The normalized spacial score (nSPS) is 19.4. The van der Waals surface area contributed by atoms with E-state index >= 15 is 0 Å². The molecule has 0 radical (unpaired) electrons. The minimum absolute atomic E-state index is 0.590. The smallest absolute Gasteiger partial charge is 0.337 e. The van der Waals surface area contributed by atoms with Crippen molar-refractivity contribution in [2.45, 2.75) is 117 Å². The van der Waals surface area contributed by atoms with Gasteiger partial charge < -0.3 is 14.6 Å². The Kier molecular flexibility index (Phi) is 7.63. The van der Waals surface area contributed by atoms with Crippen molar-refractivity contribution < 1.29 is 19.4 Å². The zero-order valence-corrected chi connectivity index (χ0v) is 24.2. The zero-order chi connectivity index (χ0) is 27.2. The predicted octanol–water partition coefficient (Wildman–Crippen LogP) is 7.24. The number of ether oxygens (including phenoxy) is 2. The molecule has 0 amide bonds. The number of rotatable bonds is 5. The lowest BCUT2D eigenvalue weighted by molar-refractivity contribution is -0.160. The number of hydrogen-bond donors (Lipinski definition) is 1. The molecule has 0 unspecified atom stereocenters. The molecule has 1 aliphatic carbocycles. The molecule has 2 heterocycles. The highest BCUT2D eigenvalue weighted by atomic mass is 16.5. The summed E-state index contributed by atoms with van der Waals surface area (Å²) < 4.78 is 12.3. The lowest BCUT2D eigenvalue weighted by Crippen LogP contribution is -2.41. The average molecular weight is 520 g/mol. The highest BCUT2D eigenvalue weighted by Crippen LogP contribution is 2.45. The van der Waals surface area contributed by atoms with Crippen LogP contribution < -0.4 is 4.74 Å². The number of carbonyl (C=O) groups is 1. The summed E-state index contributed by atoms with van der Waals surface area (Å²) in [6, 6.07) is 4.90. The van der Waals surface area contributed by atoms with Crippen molar-refractivity contribution in [1.82, 2.24) is 4.90 Å². The molecule has 2 aliphatic heterocycles. The summed E-state index contributed by atoms with van der Waals surface area (Å²) in [5.41, 5.74) is 9.89. The Morgan fingerprint density at radius 1 is 0.974 bits per heavy atom. The van der Waals surface area contributed by atoms with Gasteiger partial charge in [-0.3, -0.25) is 4.90 Å². The highest BCUT2D eigenvalue weighted by Gasteiger charge is 2.36. The van der Waals surface area contributed by atoms with E-state index in [1.807, 2.05) is 20.8 Å². The molecule has 0 saturated heterocycles. The first-order valence-corrected chi connectivity index (χ1v) is 14.6. The first-order chi connectivity index (χ1) is 18.1. The van der Waals surface area contributed by atoms with Gasteiger partial charge in [0.15, 0.2) is 6.10 Å². The van der Waals surface area contributed by atoms with Crippen LogP contribution in [0.2, 0.25) is 0 Å². The highest BCUT2D eigenvalue weighted by molar-refractivity contribution is 5.85. The average Bonchev–Trinajstić information content (AvgIpc) is 2.90. The number of aliphatic carboxylic acids is 1. The maximum atomic E-state index is 12.8. The van der Waals surface area contributed by atoms with Crippen LogP contribution in [0.4, 0.5) is 0 Å². The first-order valence-electron chi connectivity index (χ1n) is 14.6. The third-order valence-electron chi connectivity index (χ3n) is 9.03. The number of nitrogens with zero attached hydrogens (tertiary/aromatic N) is 1. The second kappa shape index (κ2) is 10.7. The molecule has 1 fully saturated rings. The molecular formula is C33H45NO4. The molecule has 1 atom stereocenters. The van der Waals surface area contributed by atoms with Gasteiger partial charge in [0.1, 0.15) is 5.75 Å². The number of carboxylic acid groups (broad SMARTS) is 1. The van der Waals surface area contributed by atoms with Gasteiger partial charge >= 0.3 is 5.97 Å². The van der Waals surface area contributed by atoms with E-state index < -0.39 is 17.7 Å². The van der Waals surface area contributed by atoms with Crippen molar-refractivity contribution in [1.29, 1.82) is 0 Å². The quantitative estimate of drug-likeness (QED) is 0.451. The van der Waals surface area contributed by atoms with Gasteiger partial charge in [-0.15, -0.1) is 0 Å². The number of benzene rings is 2. The van der Waals surface area contributed by atoms with E-state index in [0.717, 1.165) is 67.0 Å². The molecule has 38 heavy (non-hydrogen) atoms. The number of carboxylic acids is 1. The summed E-state index contributed by atoms with van der Waals surface area (Å²) in [6.45, 7) is 15.1. The Hall–Kier alpha value is -2.37. The van der Waals surface area contributed by atoms with Crippen molar-refractivity contribution in [3.8, 4) is 16.9 Å². The van der Waals surface area contributed by atoms with Gasteiger partial charge in [-0.05, 0) is 124 Å².